The number of fused-ring (bicyclic) bond motifs is 1. The number of anilines is 1. The summed E-state index contributed by atoms with van der Waals surface area (Å²) in [7, 11) is 1.63. The van der Waals surface area contributed by atoms with Gasteiger partial charge in [-0.3, -0.25) is 0 Å². The first kappa shape index (κ1) is 28.3. The standard InChI is InChI=1S/C27H37FN4O5/c1-36-17-16-32(14-3-2-9-23-11-10-21-7-5-13-29-25(21)30-23)15-12-24(26(33)34)31-27(35)37-19-20-6-4-8-22(28)18-20/h4,6,8,10-11,18,24H,2-3,5,7,9,12-17,19H2,1H3,(H,29,30)(H,31,35)(H,33,34). The topological polar surface area (TPSA) is 113 Å². The third kappa shape index (κ3) is 9.97. The summed E-state index contributed by atoms with van der Waals surface area (Å²) in [4.78, 5) is 30.7. The summed E-state index contributed by atoms with van der Waals surface area (Å²) in [5, 5.41) is 15.3. The van der Waals surface area contributed by atoms with E-state index in [0.29, 0.717) is 25.3 Å². The molecule has 0 spiro atoms. The van der Waals surface area contributed by atoms with Gasteiger partial charge >= 0.3 is 12.1 Å². The summed E-state index contributed by atoms with van der Waals surface area (Å²) >= 11 is 0. The van der Waals surface area contributed by atoms with E-state index in [-0.39, 0.29) is 13.0 Å². The molecule has 1 aliphatic rings. The van der Waals surface area contributed by atoms with Gasteiger partial charge in [0.1, 0.15) is 24.3 Å². The Kier molecular flexibility index (Phi) is 11.6. The van der Waals surface area contributed by atoms with E-state index in [9.17, 15) is 19.1 Å². The maximum absolute atomic E-state index is 13.3. The second kappa shape index (κ2) is 15.1. The maximum atomic E-state index is 13.3. The quantitative estimate of drug-likeness (QED) is 0.308. The number of carbonyl (C=O) groups excluding carboxylic acids is 1. The van der Waals surface area contributed by atoms with Crippen LogP contribution in [0.15, 0.2) is 36.4 Å². The van der Waals surface area contributed by atoms with Crippen LogP contribution in [0.5, 0.6) is 0 Å². The van der Waals surface area contributed by atoms with E-state index in [1.54, 1.807) is 13.2 Å². The van der Waals surface area contributed by atoms with E-state index in [2.05, 4.69) is 27.7 Å². The van der Waals surface area contributed by atoms with Gasteiger partial charge in [-0.25, -0.2) is 19.0 Å². The predicted octanol–water partition coefficient (Wildman–Crippen LogP) is 3.62. The Balaban J connectivity index is 1.42. The molecule has 202 valence electrons. The number of aromatic nitrogens is 1. The molecule has 2 heterocycles. The van der Waals surface area contributed by atoms with E-state index in [1.165, 1.54) is 23.8 Å². The number of hydrogen-bond acceptors (Lipinski definition) is 7. The number of nitrogens with zero attached hydrogens (tertiary/aromatic N) is 2. The first-order valence-corrected chi connectivity index (χ1v) is 12.8. The molecular formula is C27H37FN4O5. The van der Waals surface area contributed by atoms with Gasteiger partial charge in [-0.2, -0.15) is 0 Å². The average molecular weight is 517 g/mol. The van der Waals surface area contributed by atoms with Crippen molar-refractivity contribution in [3.63, 3.8) is 0 Å². The molecule has 3 N–H and O–H groups in total. The Bertz CT molecular complexity index is 1020. The molecule has 2 aromatic rings. The molecule has 0 aliphatic carbocycles. The summed E-state index contributed by atoms with van der Waals surface area (Å²) in [5.74, 6) is -0.564. The highest BCUT2D eigenvalue weighted by molar-refractivity contribution is 5.79. The SMILES string of the molecule is COCCN(CCCCc1ccc2c(n1)NCCC2)CCC(NC(=O)OCc1cccc(F)c1)C(=O)O. The lowest BCUT2D eigenvalue weighted by Gasteiger charge is -2.24. The number of benzene rings is 1. The molecule has 10 heteroatoms. The van der Waals surface area contributed by atoms with Gasteiger partial charge in [0.25, 0.3) is 0 Å². The van der Waals surface area contributed by atoms with Crippen LogP contribution in [0.1, 0.15) is 42.5 Å². The second-order valence-electron chi connectivity index (χ2n) is 9.16. The Morgan fingerprint density at radius 3 is 2.86 bits per heavy atom. The number of hydrogen-bond donors (Lipinski definition) is 3. The Hall–Kier alpha value is -3.24. The highest BCUT2D eigenvalue weighted by atomic mass is 19.1. The summed E-state index contributed by atoms with van der Waals surface area (Å²) in [6.45, 7) is 3.26. The molecule has 1 aromatic heterocycles. The lowest BCUT2D eigenvalue weighted by atomic mass is 10.1. The van der Waals surface area contributed by atoms with Crippen molar-refractivity contribution in [1.29, 1.82) is 0 Å². The largest absolute Gasteiger partial charge is 0.480 e. The van der Waals surface area contributed by atoms with Crippen LogP contribution in [0.4, 0.5) is 15.0 Å². The van der Waals surface area contributed by atoms with E-state index >= 15 is 0 Å². The third-order valence-corrected chi connectivity index (χ3v) is 6.30. The average Bonchev–Trinajstić information content (AvgIpc) is 2.90. The Morgan fingerprint density at radius 2 is 2.08 bits per heavy atom. The number of amides is 1. The first-order valence-electron chi connectivity index (χ1n) is 12.8. The van der Waals surface area contributed by atoms with Crippen LogP contribution < -0.4 is 10.6 Å². The fourth-order valence-electron chi connectivity index (χ4n) is 4.23. The van der Waals surface area contributed by atoms with Gasteiger partial charge < -0.3 is 30.1 Å². The van der Waals surface area contributed by atoms with Crippen LogP contribution in [0.2, 0.25) is 0 Å². The predicted molar refractivity (Wildman–Crippen MR) is 138 cm³/mol. The van der Waals surface area contributed by atoms with Crippen LogP contribution in [0, 0.1) is 5.82 Å². The number of rotatable bonds is 15. The number of aliphatic carboxylic acids is 1. The number of carbonyl (C=O) groups is 2. The Morgan fingerprint density at radius 1 is 1.22 bits per heavy atom. The van der Waals surface area contributed by atoms with Gasteiger partial charge in [0.15, 0.2) is 0 Å². The molecule has 1 unspecified atom stereocenters. The molecule has 0 bridgehead atoms. The van der Waals surface area contributed by atoms with Gasteiger partial charge in [0.05, 0.1) is 6.61 Å². The number of carboxylic acid groups (broad SMARTS) is 1. The van der Waals surface area contributed by atoms with E-state index in [1.807, 2.05) is 0 Å². The number of halogens is 1. The van der Waals surface area contributed by atoms with Gasteiger partial charge in [0.2, 0.25) is 0 Å². The molecule has 0 fully saturated rings. The van der Waals surface area contributed by atoms with E-state index in [0.717, 1.165) is 56.7 Å². The van der Waals surface area contributed by atoms with Crippen LogP contribution in [-0.4, -0.2) is 73.0 Å². The van der Waals surface area contributed by atoms with Crippen LogP contribution in [0.3, 0.4) is 0 Å². The van der Waals surface area contributed by atoms with Crippen LogP contribution >= 0.6 is 0 Å². The minimum Gasteiger partial charge on any atom is -0.480 e. The fourth-order valence-corrected chi connectivity index (χ4v) is 4.23. The van der Waals surface area contributed by atoms with Gasteiger partial charge in [-0.05, 0) is 74.4 Å². The van der Waals surface area contributed by atoms with Crippen molar-refractivity contribution in [2.75, 3.05) is 45.2 Å². The van der Waals surface area contributed by atoms with Crippen LogP contribution in [-0.2, 0) is 33.7 Å². The van der Waals surface area contributed by atoms with Crippen molar-refractivity contribution in [1.82, 2.24) is 15.2 Å². The minimum atomic E-state index is -1.14. The van der Waals surface area contributed by atoms with Crippen molar-refractivity contribution in [3.8, 4) is 0 Å². The smallest absolute Gasteiger partial charge is 0.408 e. The molecule has 37 heavy (non-hydrogen) atoms. The number of methoxy groups -OCH3 is 1. The van der Waals surface area contributed by atoms with Crippen molar-refractivity contribution < 1.29 is 28.6 Å². The van der Waals surface area contributed by atoms with Crippen LogP contribution in [0.25, 0.3) is 0 Å². The second-order valence-corrected chi connectivity index (χ2v) is 9.16. The maximum Gasteiger partial charge on any atom is 0.408 e. The van der Waals surface area contributed by atoms with Crippen molar-refractivity contribution in [3.05, 3.63) is 59.0 Å². The number of aryl methyl sites for hydroxylation is 2. The summed E-state index contributed by atoms with van der Waals surface area (Å²) in [6.07, 6.45) is 4.34. The normalized spacial score (nSPS) is 13.5. The molecule has 1 atom stereocenters. The highest BCUT2D eigenvalue weighted by Crippen LogP contribution is 2.20. The molecule has 0 saturated heterocycles. The zero-order valence-electron chi connectivity index (χ0n) is 21.4. The number of alkyl carbamates (subject to hydrolysis) is 1. The summed E-state index contributed by atoms with van der Waals surface area (Å²) in [6, 6.07) is 8.85. The van der Waals surface area contributed by atoms with Crippen molar-refractivity contribution >= 4 is 17.9 Å². The highest BCUT2D eigenvalue weighted by Gasteiger charge is 2.22. The third-order valence-electron chi connectivity index (χ3n) is 6.30. The molecule has 9 nitrogen and oxygen atoms in total. The molecule has 0 radical (unpaired) electrons. The van der Waals surface area contributed by atoms with Gasteiger partial charge in [-0.1, -0.05) is 18.2 Å². The monoisotopic (exact) mass is 516 g/mol. The summed E-state index contributed by atoms with van der Waals surface area (Å²) in [5.41, 5.74) is 2.83. The molecule has 1 aliphatic heterocycles. The minimum absolute atomic E-state index is 0.148. The number of pyridine rings is 1. The lowest BCUT2D eigenvalue weighted by molar-refractivity contribution is -0.139. The van der Waals surface area contributed by atoms with Crippen molar-refractivity contribution in [2.45, 2.75) is 51.2 Å². The number of nitrogens with one attached hydrogen (secondary N) is 2. The van der Waals surface area contributed by atoms with E-state index in [4.69, 9.17) is 14.5 Å². The summed E-state index contributed by atoms with van der Waals surface area (Å²) < 4.78 is 23.6. The molecule has 1 aromatic carbocycles. The first-order chi connectivity index (χ1) is 17.9. The van der Waals surface area contributed by atoms with Crippen molar-refractivity contribution in [2.24, 2.45) is 0 Å². The number of unbranched alkanes of at least 4 members (excludes halogenated alkanes) is 1. The number of ether oxygens (including phenoxy) is 2. The molecule has 1 amide bonds. The molecular weight excluding hydrogens is 479 g/mol. The molecule has 0 saturated carbocycles. The van der Waals surface area contributed by atoms with E-state index < -0.39 is 23.9 Å². The lowest BCUT2D eigenvalue weighted by Crippen LogP contribution is -2.43. The Labute approximate surface area is 217 Å². The molecule has 3 rings (SSSR count). The zero-order chi connectivity index (χ0) is 26.5. The van der Waals surface area contributed by atoms with Gasteiger partial charge in [0, 0.05) is 32.4 Å². The number of carboxylic acids is 1. The zero-order valence-corrected chi connectivity index (χ0v) is 21.4. The fraction of sp³-hybridized carbons (Fsp3) is 0.519. The van der Waals surface area contributed by atoms with Gasteiger partial charge in [-0.15, -0.1) is 0 Å².